The third-order valence-corrected chi connectivity index (χ3v) is 7.05. The molecule has 0 saturated heterocycles. The third-order valence-electron chi connectivity index (χ3n) is 6.68. The lowest BCUT2D eigenvalue weighted by Crippen LogP contribution is -2.43. The van der Waals surface area contributed by atoms with Crippen LogP contribution in [0.1, 0.15) is 50.7 Å². The molecule has 0 radical (unpaired) electrons. The van der Waals surface area contributed by atoms with Crippen molar-refractivity contribution in [3.05, 3.63) is 82.2 Å². The summed E-state index contributed by atoms with van der Waals surface area (Å²) in [6, 6.07) is 13.0. The minimum absolute atomic E-state index is 0.0264. The van der Waals surface area contributed by atoms with Crippen molar-refractivity contribution in [3.63, 3.8) is 0 Å². The van der Waals surface area contributed by atoms with Crippen molar-refractivity contribution in [1.82, 2.24) is 5.32 Å². The molecule has 7 heteroatoms. The van der Waals surface area contributed by atoms with E-state index in [1.807, 2.05) is 36.4 Å². The minimum Gasteiger partial charge on any atom is -0.493 e. The zero-order chi connectivity index (χ0) is 26.0. The van der Waals surface area contributed by atoms with E-state index in [0.29, 0.717) is 40.6 Å². The van der Waals surface area contributed by atoms with Gasteiger partial charge in [-0.2, -0.15) is 0 Å². The van der Waals surface area contributed by atoms with Crippen molar-refractivity contribution in [1.29, 1.82) is 0 Å². The molecule has 2 aromatic rings. The first-order valence-electron chi connectivity index (χ1n) is 12.1. The number of nitrogens with one attached hydrogen (secondary N) is 1. The summed E-state index contributed by atoms with van der Waals surface area (Å²) >= 11 is 6.27. The van der Waals surface area contributed by atoms with E-state index in [1.54, 1.807) is 20.1 Å². The SMILES string of the molecule is C=C1NC2=C(C(=O)CC(C)(C)C2)C(c2ccc(OCc3ccccc3Cl)c(OC)c2)C1C(=O)OCC. The van der Waals surface area contributed by atoms with Crippen molar-refractivity contribution in [2.45, 2.75) is 46.1 Å². The van der Waals surface area contributed by atoms with E-state index in [1.165, 1.54) is 0 Å². The number of carbonyl (C=O) groups is 2. The number of hydrogen-bond acceptors (Lipinski definition) is 6. The molecule has 190 valence electrons. The molecule has 2 aliphatic rings. The van der Waals surface area contributed by atoms with Gasteiger partial charge in [0.25, 0.3) is 0 Å². The number of benzene rings is 2. The average Bonchev–Trinajstić information content (AvgIpc) is 2.82. The molecule has 0 amide bonds. The molecule has 0 bridgehead atoms. The van der Waals surface area contributed by atoms with Crippen molar-refractivity contribution in [3.8, 4) is 11.5 Å². The van der Waals surface area contributed by atoms with Crippen LogP contribution in [0.5, 0.6) is 11.5 Å². The van der Waals surface area contributed by atoms with E-state index < -0.39 is 17.8 Å². The fraction of sp³-hybridized carbons (Fsp3) is 0.379. The number of esters is 1. The maximum atomic E-state index is 13.4. The Morgan fingerprint density at radius 1 is 1.17 bits per heavy atom. The van der Waals surface area contributed by atoms with Crippen LogP contribution in [-0.4, -0.2) is 25.5 Å². The van der Waals surface area contributed by atoms with Gasteiger partial charge in [0.05, 0.1) is 13.7 Å². The standard InChI is InChI=1S/C29H32ClNO5/c1-6-35-28(33)25-17(2)31-21-14-29(3,4)15-22(32)27(21)26(25)18-11-12-23(24(13-18)34-5)36-16-19-9-7-8-10-20(19)30/h7-13,25-26,31H,2,6,14-16H2,1,3-5H3. The van der Waals surface area contributed by atoms with Crippen LogP contribution >= 0.6 is 11.6 Å². The van der Waals surface area contributed by atoms with E-state index in [4.69, 9.17) is 25.8 Å². The Morgan fingerprint density at radius 2 is 1.92 bits per heavy atom. The molecule has 6 nitrogen and oxygen atoms in total. The van der Waals surface area contributed by atoms with Gasteiger partial charge in [-0.3, -0.25) is 9.59 Å². The average molecular weight is 510 g/mol. The van der Waals surface area contributed by atoms with Gasteiger partial charge >= 0.3 is 5.97 Å². The van der Waals surface area contributed by atoms with Crippen LogP contribution in [0, 0.1) is 11.3 Å². The Morgan fingerprint density at radius 3 is 2.61 bits per heavy atom. The van der Waals surface area contributed by atoms with Crippen LogP contribution in [0.2, 0.25) is 5.02 Å². The molecule has 0 fully saturated rings. The van der Waals surface area contributed by atoms with Crippen LogP contribution in [0.3, 0.4) is 0 Å². The van der Waals surface area contributed by atoms with Crippen LogP contribution in [0.4, 0.5) is 0 Å². The molecular weight excluding hydrogens is 478 g/mol. The van der Waals surface area contributed by atoms with Crippen LogP contribution in [0.15, 0.2) is 66.0 Å². The fourth-order valence-electron chi connectivity index (χ4n) is 5.08. The lowest BCUT2D eigenvalue weighted by atomic mass is 9.66. The summed E-state index contributed by atoms with van der Waals surface area (Å²) in [7, 11) is 1.56. The monoisotopic (exact) mass is 509 g/mol. The molecule has 2 atom stereocenters. The van der Waals surface area contributed by atoms with Crippen LogP contribution in [-0.2, 0) is 20.9 Å². The van der Waals surface area contributed by atoms with Gasteiger partial charge in [-0.1, -0.05) is 56.3 Å². The molecule has 2 unspecified atom stereocenters. The molecular formula is C29H32ClNO5. The highest BCUT2D eigenvalue weighted by Crippen LogP contribution is 2.49. The molecule has 1 N–H and O–H groups in total. The first-order valence-corrected chi connectivity index (χ1v) is 12.5. The molecule has 36 heavy (non-hydrogen) atoms. The van der Waals surface area contributed by atoms with E-state index in [0.717, 1.165) is 16.8 Å². The van der Waals surface area contributed by atoms with Gasteiger partial charge in [-0.25, -0.2) is 0 Å². The Bertz CT molecular complexity index is 1230. The van der Waals surface area contributed by atoms with Crippen LogP contribution < -0.4 is 14.8 Å². The summed E-state index contributed by atoms with van der Waals surface area (Å²) in [4.78, 5) is 26.5. The second-order valence-corrected chi connectivity index (χ2v) is 10.4. The van der Waals surface area contributed by atoms with Crippen molar-refractivity contribution in [2.24, 2.45) is 11.3 Å². The van der Waals surface area contributed by atoms with E-state index in [9.17, 15) is 9.59 Å². The lowest BCUT2D eigenvalue weighted by Gasteiger charge is -2.42. The third kappa shape index (κ3) is 5.14. The first kappa shape index (κ1) is 25.8. The molecule has 0 saturated carbocycles. The topological polar surface area (TPSA) is 73.9 Å². The number of methoxy groups -OCH3 is 1. The highest BCUT2D eigenvalue weighted by atomic mass is 35.5. The Hall–Kier alpha value is -3.25. The highest BCUT2D eigenvalue weighted by Gasteiger charge is 2.46. The summed E-state index contributed by atoms with van der Waals surface area (Å²) < 4.78 is 17.1. The zero-order valence-corrected chi connectivity index (χ0v) is 21.9. The Labute approximate surface area is 217 Å². The maximum Gasteiger partial charge on any atom is 0.315 e. The summed E-state index contributed by atoms with van der Waals surface area (Å²) in [6.07, 6.45) is 1.09. The molecule has 4 rings (SSSR count). The molecule has 1 heterocycles. The molecule has 0 aromatic heterocycles. The number of Topliss-reactive ketones (excluding diaryl/α,β-unsaturated/α-hetero) is 1. The minimum atomic E-state index is -0.742. The molecule has 0 spiro atoms. The van der Waals surface area contributed by atoms with Crippen molar-refractivity contribution in [2.75, 3.05) is 13.7 Å². The lowest BCUT2D eigenvalue weighted by molar-refractivity contribution is -0.147. The number of ketones is 1. The van der Waals surface area contributed by atoms with Gasteiger partial charge in [0.2, 0.25) is 0 Å². The van der Waals surface area contributed by atoms with Crippen molar-refractivity contribution >= 4 is 23.4 Å². The van der Waals surface area contributed by atoms with Gasteiger partial charge in [-0.15, -0.1) is 0 Å². The highest BCUT2D eigenvalue weighted by molar-refractivity contribution is 6.31. The van der Waals surface area contributed by atoms with Gasteiger partial charge in [0.15, 0.2) is 17.3 Å². The molecule has 1 aliphatic carbocycles. The summed E-state index contributed by atoms with van der Waals surface area (Å²) in [5, 5.41) is 3.89. The Balaban J connectivity index is 1.74. The predicted octanol–water partition coefficient (Wildman–Crippen LogP) is 5.95. The van der Waals surface area contributed by atoms with Gasteiger partial charge in [0.1, 0.15) is 12.5 Å². The summed E-state index contributed by atoms with van der Waals surface area (Å²) in [5.74, 6) is -0.638. The van der Waals surface area contributed by atoms with Crippen molar-refractivity contribution < 1.29 is 23.8 Å². The second-order valence-electron chi connectivity index (χ2n) is 9.98. The zero-order valence-electron chi connectivity index (χ0n) is 21.2. The fourth-order valence-corrected chi connectivity index (χ4v) is 5.27. The van der Waals surface area contributed by atoms with E-state index >= 15 is 0 Å². The van der Waals surface area contributed by atoms with Gasteiger partial charge < -0.3 is 19.5 Å². The number of carbonyl (C=O) groups excluding carboxylic acids is 2. The van der Waals surface area contributed by atoms with E-state index in [2.05, 4.69) is 25.7 Å². The molecule has 1 aliphatic heterocycles. The number of allylic oxidation sites excluding steroid dienone is 2. The summed E-state index contributed by atoms with van der Waals surface area (Å²) in [6.45, 7) is 10.6. The largest absolute Gasteiger partial charge is 0.493 e. The Kier molecular flexibility index (Phi) is 7.46. The number of hydrogen-bond donors (Lipinski definition) is 1. The number of ether oxygens (including phenoxy) is 3. The smallest absolute Gasteiger partial charge is 0.315 e. The van der Waals surface area contributed by atoms with Crippen LogP contribution in [0.25, 0.3) is 0 Å². The van der Waals surface area contributed by atoms with E-state index in [-0.39, 0.29) is 24.4 Å². The van der Waals surface area contributed by atoms with Gasteiger partial charge in [0, 0.05) is 39.9 Å². The predicted molar refractivity (Wildman–Crippen MR) is 139 cm³/mol. The second kappa shape index (κ2) is 10.4. The first-order chi connectivity index (χ1) is 17.1. The van der Waals surface area contributed by atoms with Gasteiger partial charge in [-0.05, 0) is 42.5 Å². The maximum absolute atomic E-state index is 13.4. The summed E-state index contributed by atoms with van der Waals surface area (Å²) in [5.41, 5.74) is 3.40. The molecule has 2 aromatic carbocycles. The number of halogens is 1. The quantitative estimate of drug-likeness (QED) is 0.465. The number of rotatable bonds is 7. The normalized spacial score (nSPS) is 20.9.